The molecule has 5 heteroatoms. The van der Waals surface area contributed by atoms with Gasteiger partial charge in [-0.25, -0.2) is 0 Å². The predicted octanol–water partition coefficient (Wildman–Crippen LogP) is 2.85. The highest BCUT2D eigenvalue weighted by Gasteiger charge is 2.53. The summed E-state index contributed by atoms with van der Waals surface area (Å²) < 4.78 is 5.09. The lowest BCUT2D eigenvalue weighted by Gasteiger charge is -2.40. The zero-order chi connectivity index (χ0) is 16.5. The third-order valence-corrected chi connectivity index (χ3v) is 4.66. The number of methoxy groups -OCH3 is 1. The highest BCUT2D eigenvalue weighted by Crippen LogP contribution is 2.46. The lowest BCUT2D eigenvalue weighted by atomic mass is 9.61. The van der Waals surface area contributed by atoms with Crippen LogP contribution in [0.3, 0.4) is 0 Å². The summed E-state index contributed by atoms with van der Waals surface area (Å²) in [6.45, 7) is 3.74. The average molecular weight is 304 g/mol. The zero-order valence-corrected chi connectivity index (χ0v) is 12.9. The van der Waals surface area contributed by atoms with Gasteiger partial charge in [0.05, 0.1) is 13.0 Å². The highest BCUT2D eigenvalue weighted by molar-refractivity contribution is 5.90. The summed E-state index contributed by atoms with van der Waals surface area (Å²) in [6.07, 6.45) is 0.455. The fourth-order valence-corrected chi connectivity index (χ4v) is 3.18. The minimum atomic E-state index is -1.44. The van der Waals surface area contributed by atoms with Gasteiger partial charge in [0.25, 0.3) is 0 Å². The van der Waals surface area contributed by atoms with Crippen LogP contribution in [0.5, 0.6) is 5.75 Å². The summed E-state index contributed by atoms with van der Waals surface area (Å²) in [5, 5.41) is 19.5. The van der Waals surface area contributed by atoms with Crippen molar-refractivity contribution in [2.45, 2.75) is 32.1 Å². The molecule has 0 saturated heterocycles. The molecule has 0 bridgehead atoms. The molecule has 1 aliphatic rings. The molecule has 1 aromatic rings. The molecule has 1 aromatic carbocycles. The molecule has 0 spiro atoms. The van der Waals surface area contributed by atoms with Crippen molar-refractivity contribution in [3.05, 3.63) is 41.0 Å². The second kappa shape index (κ2) is 5.83. The Labute approximate surface area is 129 Å². The number of allylic oxidation sites excluding steroid dienone is 2. The van der Waals surface area contributed by atoms with E-state index < -0.39 is 23.3 Å². The molecule has 0 aromatic heterocycles. The Bertz CT molecular complexity index is 629. The Morgan fingerprint density at radius 1 is 1.14 bits per heavy atom. The van der Waals surface area contributed by atoms with Crippen molar-refractivity contribution in [3.8, 4) is 5.75 Å². The third-order valence-electron chi connectivity index (χ3n) is 4.66. The summed E-state index contributed by atoms with van der Waals surface area (Å²) >= 11 is 0. The number of hydrogen-bond acceptors (Lipinski definition) is 3. The molecule has 0 fully saturated rings. The van der Waals surface area contributed by atoms with E-state index in [1.165, 1.54) is 7.11 Å². The average Bonchev–Trinajstić information content (AvgIpc) is 2.49. The van der Waals surface area contributed by atoms with Gasteiger partial charge in [0.1, 0.15) is 11.2 Å². The van der Waals surface area contributed by atoms with Crippen LogP contribution in [0.15, 0.2) is 35.4 Å². The van der Waals surface area contributed by atoms with E-state index in [0.717, 1.165) is 11.1 Å². The van der Waals surface area contributed by atoms with E-state index in [0.29, 0.717) is 11.3 Å². The topological polar surface area (TPSA) is 83.8 Å². The van der Waals surface area contributed by atoms with E-state index in [1.807, 2.05) is 13.8 Å². The van der Waals surface area contributed by atoms with Crippen molar-refractivity contribution in [1.82, 2.24) is 0 Å². The second-order valence-corrected chi connectivity index (χ2v) is 5.84. The number of aliphatic carboxylic acids is 2. The van der Waals surface area contributed by atoms with Crippen LogP contribution in [0.25, 0.3) is 0 Å². The number of carboxylic acid groups (broad SMARTS) is 2. The number of hydrogen-bond donors (Lipinski definition) is 2. The first kappa shape index (κ1) is 16.1. The molecule has 2 atom stereocenters. The molecule has 0 unspecified atom stereocenters. The first-order chi connectivity index (χ1) is 10.3. The summed E-state index contributed by atoms with van der Waals surface area (Å²) in [4.78, 5) is 23.8. The molecule has 0 radical (unpaired) electrons. The molecular formula is C17H20O5. The Morgan fingerprint density at radius 2 is 1.73 bits per heavy atom. The maximum Gasteiger partial charge on any atom is 0.315 e. The van der Waals surface area contributed by atoms with E-state index in [-0.39, 0.29) is 12.8 Å². The minimum absolute atomic E-state index is 0.206. The number of carboxylic acids is 2. The van der Waals surface area contributed by atoms with E-state index >= 15 is 0 Å². The van der Waals surface area contributed by atoms with Gasteiger partial charge in [-0.2, -0.15) is 0 Å². The number of rotatable bonds is 4. The standard InChI is InChI=1S/C17H20O5/c1-10-8-14(15(18)19)17(16(20)21,9-11(10)2)12-4-6-13(22-3)7-5-12/h4-7,14H,8-9H2,1-3H3,(H,18,19)(H,20,21)/t14-,17+/m0/s1. The van der Waals surface area contributed by atoms with Crippen LogP contribution in [0, 0.1) is 5.92 Å². The van der Waals surface area contributed by atoms with Crippen molar-refractivity contribution in [3.63, 3.8) is 0 Å². The Balaban J connectivity index is 2.63. The molecule has 2 rings (SSSR count). The summed E-state index contributed by atoms with van der Waals surface area (Å²) in [5.41, 5.74) is 0.954. The first-order valence-electron chi connectivity index (χ1n) is 7.09. The van der Waals surface area contributed by atoms with Crippen LogP contribution in [0.2, 0.25) is 0 Å². The van der Waals surface area contributed by atoms with Crippen molar-refractivity contribution in [2.75, 3.05) is 7.11 Å². The normalized spacial score (nSPS) is 25.0. The molecule has 0 aliphatic heterocycles. The fourth-order valence-electron chi connectivity index (χ4n) is 3.18. The van der Waals surface area contributed by atoms with Crippen molar-refractivity contribution >= 4 is 11.9 Å². The Morgan fingerprint density at radius 3 is 2.18 bits per heavy atom. The SMILES string of the molecule is COc1ccc([C@]2(C(=O)O)CC(C)=C(C)C[C@H]2C(=O)O)cc1. The van der Waals surface area contributed by atoms with Crippen LogP contribution in [0.1, 0.15) is 32.3 Å². The van der Waals surface area contributed by atoms with Gasteiger partial charge < -0.3 is 14.9 Å². The number of ether oxygens (including phenoxy) is 1. The number of benzene rings is 1. The molecule has 5 nitrogen and oxygen atoms in total. The van der Waals surface area contributed by atoms with Gasteiger partial charge in [-0.15, -0.1) is 0 Å². The van der Waals surface area contributed by atoms with E-state index in [4.69, 9.17) is 4.74 Å². The molecular weight excluding hydrogens is 284 g/mol. The minimum Gasteiger partial charge on any atom is -0.497 e. The summed E-state index contributed by atoms with van der Waals surface area (Å²) in [6, 6.07) is 6.63. The second-order valence-electron chi connectivity index (χ2n) is 5.84. The molecule has 1 aliphatic carbocycles. The van der Waals surface area contributed by atoms with Crippen LogP contribution >= 0.6 is 0 Å². The molecule has 22 heavy (non-hydrogen) atoms. The summed E-state index contributed by atoms with van der Waals surface area (Å²) in [7, 11) is 1.53. The van der Waals surface area contributed by atoms with Gasteiger partial charge in [0.15, 0.2) is 0 Å². The van der Waals surface area contributed by atoms with Crippen LogP contribution in [0.4, 0.5) is 0 Å². The van der Waals surface area contributed by atoms with Gasteiger partial charge in [-0.1, -0.05) is 23.3 Å². The molecule has 0 saturated carbocycles. The monoisotopic (exact) mass is 304 g/mol. The van der Waals surface area contributed by atoms with Crippen molar-refractivity contribution in [2.24, 2.45) is 5.92 Å². The van der Waals surface area contributed by atoms with Gasteiger partial charge in [0, 0.05) is 0 Å². The maximum absolute atomic E-state index is 12.1. The Hall–Kier alpha value is -2.30. The predicted molar refractivity (Wildman–Crippen MR) is 81.0 cm³/mol. The largest absolute Gasteiger partial charge is 0.497 e. The molecule has 2 N–H and O–H groups in total. The van der Waals surface area contributed by atoms with Crippen LogP contribution in [-0.4, -0.2) is 29.3 Å². The molecule has 118 valence electrons. The van der Waals surface area contributed by atoms with E-state index in [1.54, 1.807) is 24.3 Å². The smallest absolute Gasteiger partial charge is 0.315 e. The quantitative estimate of drug-likeness (QED) is 0.836. The van der Waals surface area contributed by atoms with E-state index in [2.05, 4.69) is 0 Å². The first-order valence-corrected chi connectivity index (χ1v) is 7.09. The fraction of sp³-hybridized carbons (Fsp3) is 0.412. The van der Waals surface area contributed by atoms with Crippen molar-refractivity contribution < 1.29 is 24.5 Å². The van der Waals surface area contributed by atoms with E-state index in [9.17, 15) is 19.8 Å². The lowest BCUT2D eigenvalue weighted by Crippen LogP contribution is -2.48. The van der Waals surface area contributed by atoms with Gasteiger partial charge in [-0.05, 0) is 44.4 Å². The van der Waals surface area contributed by atoms with Gasteiger partial charge >= 0.3 is 11.9 Å². The highest BCUT2D eigenvalue weighted by atomic mass is 16.5. The van der Waals surface area contributed by atoms with Crippen LogP contribution in [-0.2, 0) is 15.0 Å². The lowest BCUT2D eigenvalue weighted by molar-refractivity contribution is -0.156. The van der Waals surface area contributed by atoms with Crippen molar-refractivity contribution in [1.29, 1.82) is 0 Å². The maximum atomic E-state index is 12.1. The van der Waals surface area contributed by atoms with Gasteiger partial charge in [0.2, 0.25) is 0 Å². The van der Waals surface area contributed by atoms with Gasteiger partial charge in [-0.3, -0.25) is 9.59 Å². The molecule has 0 heterocycles. The third kappa shape index (κ3) is 2.47. The number of carbonyl (C=O) groups is 2. The van der Waals surface area contributed by atoms with Crippen LogP contribution < -0.4 is 4.74 Å². The summed E-state index contributed by atoms with van der Waals surface area (Å²) in [5.74, 6) is -2.56. The Kier molecular flexibility index (Phi) is 4.26. The molecule has 0 amide bonds. The zero-order valence-electron chi connectivity index (χ0n) is 12.9.